The molecule has 2 N–H and O–H groups in total. The predicted octanol–water partition coefficient (Wildman–Crippen LogP) is 2.52. The monoisotopic (exact) mass is 378 g/mol. The Kier molecular flexibility index (Phi) is 8.80. The van der Waals surface area contributed by atoms with Gasteiger partial charge in [-0.25, -0.2) is 0 Å². The van der Waals surface area contributed by atoms with E-state index in [0.717, 1.165) is 36.7 Å². The summed E-state index contributed by atoms with van der Waals surface area (Å²) in [5, 5.41) is 7.91. The Morgan fingerprint density at radius 2 is 2.00 bits per heavy atom. The third-order valence-electron chi connectivity index (χ3n) is 4.46. The second kappa shape index (κ2) is 11.1. The normalized spacial score (nSPS) is 15.6. The minimum atomic E-state index is 0.489. The lowest BCUT2D eigenvalue weighted by atomic mass is 10.0. The van der Waals surface area contributed by atoms with E-state index in [2.05, 4.69) is 26.8 Å². The van der Waals surface area contributed by atoms with E-state index in [1.807, 2.05) is 19.1 Å². The highest BCUT2D eigenvalue weighted by molar-refractivity contribution is 7.80. The lowest BCUT2D eigenvalue weighted by Crippen LogP contribution is -2.34. The van der Waals surface area contributed by atoms with Gasteiger partial charge in [0.1, 0.15) is 5.75 Å². The Morgan fingerprint density at radius 1 is 1.23 bits per heavy atom. The quantitative estimate of drug-likeness (QED) is 0.314. The molecule has 1 fully saturated rings. The van der Waals surface area contributed by atoms with Crippen LogP contribution in [0.3, 0.4) is 0 Å². The minimum absolute atomic E-state index is 0.489. The molecule has 1 aliphatic heterocycles. The summed E-state index contributed by atoms with van der Waals surface area (Å²) in [7, 11) is 3.38. The maximum atomic E-state index is 5.55. The Morgan fingerprint density at radius 3 is 2.69 bits per heavy atom. The molecule has 0 spiro atoms. The maximum Gasteiger partial charge on any atom is 0.187 e. The molecule has 0 aliphatic carbocycles. The largest absolute Gasteiger partial charge is 0.496 e. The number of nitrogens with zero attached hydrogens (tertiary/aromatic N) is 2. The molecule has 0 amide bonds. The molecule has 1 heterocycles. The number of hydrogen-bond donors (Lipinski definition) is 2. The van der Waals surface area contributed by atoms with Crippen molar-refractivity contribution < 1.29 is 9.47 Å². The first-order valence-electron chi connectivity index (χ1n) is 9.10. The van der Waals surface area contributed by atoms with Gasteiger partial charge in [-0.2, -0.15) is 5.10 Å². The molecule has 0 atom stereocenters. The van der Waals surface area contributed by atoms with Crippen molar-refractivity contribution in [3.63, 3.8) is 0 Å². The summed E-state index contributed by atoms with van der Waals surface area (Å²) in [5.74, 6) is 0.928. The topological polar surface area (TPSA) is 58.1 Å². The molecular weight excluding hydrogens is 348 g/mol. The molecular formula is C19H30N4O2S. The van der Waals surface area contributed by atoms with Crippen LogP contribution in [0.15, 0.2) is 23.3 Å². The summed E-state index contributed by atoms with van der Waals surface area (Å²) in [6.07, 6.45) is 3.89. The van der Waals surface area contributed by atoms with Crippen molar-refractivity contribution in [1.82, 2.24) is 15.6 Å². The van der Waals surface area contributed by atoms with Crippen molar-refractivity contribution in [3.8, 4) is 5.75 Å². The molecule has 144 valence electrons. The molecule has 1 aromatic rings. The Hall–Kier alpha value is -1.70. The summed E-state index contributed by atoms with van der Waals surface area (Å²) < 4.78 is 10.5. The third-order valence-corrected chi connectivity index (χ3v) is 4.69. The van der Waals surface area contributed by atoms with E-state index in [0.29, 0.717) is 18.3 Å². The summed E-state index contributed by atoms with van der Waals surface area (Å²) in [6, 6.07) is 6.21. The highest BCUT2D eigenvalue weighted by atomic mass is 32.1. The molecule has 1 aromatic carbocycles. The smallest absolute Gasteiger partial charge is 0.187 e. The molecule has 0 radical (unpaired) electrons. The number of methoxy groups -OCH3 is 2. The zero-order chi connectivity index (χ0) is 18.8. The van der Waals surface area contributed by atoms with Crippen LogP contribution in [-0.4, -0.2) is 56.2 Å². The van der Waals surface area contributed by atoms with Crippen LogP contribution >= 0.6 is 12.2 Å². The van der Waals surface area contributed by atoms with Crippen LogP contribution in [0.2, 0.25) is 0 Å². The average Bonchev–Trinajstić information content (AvgIpc) is 2.67. The number of benzene rings is 1. The van der Waals surface area contributed by atoms with Gasteiger partial charge in [0, 0.05) is 25.8 Å². The van der Waals surface area contributed by atoms with E-state index < -0.39 is 0 Å². The molecule has 6 nitrogen and oxygen atoms in total. The van der Waals surface area contributed by atoms with Crippen molar-refractivity contribution >= 4 is 23.0 Å². The van der Waals surface area contributed by atoms with Crippen LogP contribution in [-0.2, 0) is 11.3 Å². The number of rotatable bonds is 8. The molecule has 0 aromatic heterocycles. The van der Waals surface area contributed by atoms with E-state index in [1.54, 1.807) is 14.2 Å². The lowest BCUT2D eigenvalue weighted by molar-refractivity contribution is 0.204. The van der Waals surface area contributed by atoms with E-state index in [4.69, 9.17) is 21.7 Å². The van der Waals surface area contributed by atoms with Gasteiger partial charge in [0.2, 0.25) is 0 Å². The Labute approximate surface area is 161 Å². The van der Waals surface area contributed by atoms with Gasteiger partial charge in [0.15, 0.2) is 5.11 Å². The molecule has 0 unspecified atom stereocenters. The van der Waals surface area contributed by atoms with Crippen molar-refractivity contribution in [3.05, 3.63) is 29.3 Å². The molecule has 1 aliphatic rings. The highest BCUT2D eigenvalue weighted by Gasteiger charge is 2.14. The number of ether oxygens (including phenoxy) is 2. The number of likely N-dealkylation sites (tertiary alicyclic amines) is 1. The Balaban J connectivity index is 2.02. The van der Waals surface area contributed by atoms with Gasteiger partial charge >= 0.3 is 0 Å². The zero-order valence-corrected chi connectivity index (χ0v) is 16.8. The highest BCUT2D eigenvalue weighted by Crippen LogP contribution is 2.23. The number of hydrogen-bond acceptors (Lipinski definition) is 5. The molecule has 2 rings (SSSR count). The van der Waals surface area contributed by atoms with Crippen LogP contribution in [0.25, 0.3) is 0 Å². The summed E-state index contributed by atoms with van der Waals surface area (Å²) in [4.78, 5) is 2.49. The second-order valence-electron chi connectivity index (χ2n) is 6.42. The summed E-state index contributed by atoms with van der Waals surface area (Å²) in [6.45, 7) is 6.45. The summed E-state index contributed by atoms with van der Waals surface area (Å²) >= 11 is 5.20. The zero-order valence-electron chi connectivity index (χ0n) is 16.0. The Bertz CT molecular complexity index is 616. The van der Waals surface area contributed by atoms with Crippen LogP contribution in [0.4, 0.5) is 0 Å². The molecule has 1 saturated heterocycles. The van der Waals surface area contributed by atoms with Gasteiger partial charge in [-0.1, -0.05) is 6.42 Å². The fraction of sp³-hybridized carbons (Fsp3) is 0.579. The van der Waals surface area contributed by atoms with Crippen LogP contribution in [0.5, 0.6) is 5.75 Å². The van der Waals surface area contributed by atoms with E-state index >= 15 is 0 Å². The van der Waals surface area contributed by atoms with Crippen molar-refractivity contribution in [2.75, 3.05) is 40.5 Å². The third kappa shape index (κ3) is 6.55. The summed E-state index contributed by atoms with van der Waals surface area (Å²) in [5.41, 5.74) is 6.02. The second-order valence-corrected chi connectivity index (χ2v) is 6.83. The maximum absolute atomic E-state index is 5.55. The van der Waals surface area contributed by atoms with E-state index in [9.17, 15) is 0 Å². The molecule has 0 saturated carbocycles. The lowest BCUT2D eigenvalue weighted by Gasteiger charge is -2.27. The van der Waals surface area contributed by atoms with Gasteiger partial charge in [-0.3, -0.25) is 10.3 Å². The fourth-order valence-electron chi connectivity index (χ4n) is 2.99. The van der Waals surface area contributed by atoms with Crippen LogP contribution in [0, 0.1) is 0 Å². The van der Waals surface area contributed by atoms with E-state index in [-0.39, 0.29) is 0 Å². The van der Waals surface area contributed by atoms with Gasteiger partial charge < -0.3 is 14.8 Å². The predicted molar refractivity (Wildman–Crippen MR) is 110 cm³/mol. The molecule has 7 heteroatoms. The van der Waals surface area contributed by atoms with Gasteiger partial charge in [-0.15, -0.1) is 0 Å². The number of piperidine rings is 1. The number of hydrazone groups is 1. The number of thiocarbonyl (C=S) groups is 1. The average molecular weight is 379 g/mol. The van der Waals surface area contributed by atoms with E-state index in [1.165, 1.54) is 24.8 Å². The van der Waals surface area contributed by atoms with Gasteiger partial charge in [0.05, 0.1) is 19.4 Å². The molecule has 26 heavy (non-hydrogen) atoms. The van der Waals surface area contributed by atoms with Crippen molar-refractivity contribution in [1.29, 1.82) is 0 Å². The van der Waals surface area contributed by atoms with Gasteiger partial charge in [-0.05, 0) is 68.8 Å². The van der Waals surface area contributed by atoms with Crippen LogP contribution in [0.1, 0.15) is 37.3 Å². The molecule has 0 bridgehead atoms. The fourth-order valence-corrected chi connectivity index (χ4v) is 3.14. The first-order chi connectivity index (χ1) is 12.6. The van der Waals surface area contributed by atoms with Gasteiger partial charge in [0.25, 0.3) is 0 Å². The SMILES string of the molecule is COCCNC(=S)N/N=C(/C)c1ccc(OC)c(CN2CCCCC2)c1. The van der Waals surface area contributed by atoms with Crippen molar-refractivity contribution in [2.45, 2.75) is 32.7 Å². The first kappa shape index (κ1) is 20.6. The van der Waals surface area contributed by atoms with Crippen molar-refractivity contribution in [2.24, 2.45) is 5.10 Å². The minimum Gasteiger partial charge on any atom is -0.496 e. The number of nitrogens with one attached hydrogen (secondary N) is 2. The standard InChI is InChI=1S/C19H30N4O2S/c1-15(21-22-19(26)20-9-12-24-2)16-7-8-18(25-3)17(13-16)14-23-10-5-4-6-11-23/h7-8,13H,4-6,9-12,14H2,1-3H3,(H2,20,22,26)/b21-15-. The first-order valence-corrected chi connectivity index (χ1v) is 9.51. The van der Waals surface area contributed by atoms with Crippen LogP contribution < -0.4 is 15.5 Å².